The SMILES string of the molecule is Fc1cc2ncc(-c3nc4ccccc4[nH]3)c(N[C@@H]3CN4CCC3CC4)c2cc1F. The summed E-state index contributed by atoms with van der Waals surface area (Å²) in [7, 11) is 0. The van der Waals surface area contributed by atoms with Crippen LogP contribution in [0.4, 0.5) is 14.5 Å². The second-order valence-electron chi connectivity index (χ2n) is 8.32. The average molecular weight is 405 g/mol. The second-order valence-corrected chi connectivity index (χ2v) is 8.32. The number of hydrogen-bond acceptors (Lipinski definition) is 4. The first-order valence-corrected chi connectivity index (χ1v) is 10.4. The number of nitrogens with one attached hydrogen (secondary N) is 2. The molecule has 1 atom stereocenters. The van der Waals surface area contributed by atoms with E-state index in [1.54, 1.807) is 6.20 Å². The molecule has 0 unspecified atom stereocenters. The lowest BCUT2D eigenvalue weighted by Crippen LogP contribution is -2.53. The number of pyridine rings is 1. The maximum atomic E-state index is 14.2. The van der Waals surface area contributed by atoms with E-state index < -0.39 is 11.6 Å². The van der Waals surface area contributed by atoms with Crippen molar-refractivity contribution in [3.05, 3.63) is 54.2 Å². The molecular formula is C23H21F2N5. The van der Waals surface area contributed by atoms with Crippen LogP contribution in [0.25, 0.3) is 33.3 Å². The molecule has 5 nitrogen and oxygen atoms in total. The minimum absolute atomic E-state index is 0.259. The Morgan fingerprint density at radius 1 is 1.03 bits per heavy atom. The number of para-hydroxylation sites is 2. The van der Waals surface area contributed by atoms with Gasteiger partial charge in [0.1, 0.15) is 5.82 Å². The summed E-state index contributed by atoms with van der Waals surface area (Å²) in [4.78, 5) is 14.9. The highest BCUT2D eigenvalue weighted by Crippen LogP contribution is 2.37. The number of fused-ring (bicyclic) bond motifs is 5. The first-order valence-electron chi connectivity index (χ1n) is 10.4. The summed E-state index contributed by atoms with van der Waals surface area (Å²) in [6, 6.07) is 10.5. The van der Waals surface area contributed by atoms with Crippen molar-refractivity contribution in [3.8, 4) is 11.4 Å². The Bertz CT molecular complexity index is 1230. The number of rotatable bonds is 3. The molecule has 3 fully saturated rings. The molecular weight excluding hydrogens is 384 g/mol. The fourth-order valence-corrected chi connectivity index (χ4v) is 4.92. The van der Waals surface area contributed by atoms with Gasteiger partial charge in [-0.15, -0.1) is 0 Å². The van der Waals surface area contributed by atoms with E-state index in [1.165, 1.54) is 6.07 Å². The van der Waals surface area contributed by atoms with Gasteiger partial charge in [-0.1, -0.05) is 12.1 Å². The van der Waals surface area contributed by atoms with Gasteiger partial charge < -0.3 is 15.2 Å². The van der Waals surface area contributed by atoms with E-state index in [2.05, 4.69) is 20.2 Å². The highest BCUT2D eigenvalue weighted by Gasteiger charge is 2.34. The van der Waals surface area contributed by atoms with Gasteiger partial charge >= 0.3 is 0 Å². The Balaban J connectivity index is 1.53. The van der Waals surface area contributed by atoms with Gasteiger partial charge in [-0.3, -0.25) is 4.98 Å². The third-order valence-corrected chi connectivity index (χ3v) is 6.54. The van der Waals surface area contributed by atoms with Crippen molar-refractivity contribution in [1.82, 2.24) is 19.9 Å². The van der Waals surface area contributed by atoms with E-state index in [0.29, 0.717) is 22.6 Å². The van der Waals surface area contributed by atoms with Crippen LogP contribution in [0.1, 0.15) is 12.8 Å². The minimum Gasteiger partial charge on any atom is -0.380 e. The molecule has 2 aromatic heterocycles. The Morgan fingerprint density at radius 3 is 2.60 bits per heavy atom. The van der Waals surface area contributed by atoms with Crippen LogP contribution in [-0.2, 0) is 0 Å². The van der Waals surface area contributed by atoms with Gasteiger partial charge in [0, 0.05) is 30.2 Å². The Kier molecular flexibility index (Phi) is 3.99. The summed E-state index contributed by atoms with van der Waals surface area (Å²) in [5.41, 5.74) is 3.73. The standard InChI is InChI=1S/C23H21F2N5/c24-16-9-14-20(10-17(16)25)26-11-15(23-28-18-3-1-2-4-19(18)29-23)22(14)27-21-12-30-7-5-13(21)6-8-30/h1-4,9-11,13,21H,5-8,12H2,(H,26,27)(H,28,29)/t21-/m1/s1. The fraction of sp³-hybridized carbons (Fsp3) is 0.304. The lowest BCUT2D eigenvalue weighted by molar-refractivity contribution is 0.0976. The molecule has 4 aromatic rings. The maximum absolute atomic E-state index is 14.2. The Morgan fingerprint density at radius 2 is 1.83 bits per heavy atom. The topological polar surface area (TPSA) is 56.8 Å². The zero-order valence-corrected chi connectivity index (χ0v) is 16.3. The third-order valence-electron chi connectivity index (χ3n) is 6.54. The van der Waals surface area contributed by atoms with Crippen LogP contribution in [0.2, 0.25) is 0 Å². The molecule has 5 heterocycles. The van der Waals surface area contributed by atoms with Gasteiger partial charge in [0.25, 0.3) is 0 Å². The molecule has 0 aliphatic carbocycles. The molecule has 0 saturated carbocycles. The second kappa shape index (κ2) is 6.74. The van der Waals surface area contributed by atoms with E-state index in [4.69, 9.17) is 4.98 Å². The average Bonchev–Trinajstić information content (AvgIpc) is 3.20. The fourth-order valence-electron chi connectivity index (χ4n) is 4.92. The number of halogens is 2. The summed E-state index contributed by atoms with van der Waals surface area (Å²) in [5, 5.41) is 4.26. The summed E-state index contributed by atoms with van der Waals surface area (Å²) < 4.78 is 28.1. The van der Waals surface area contributed by atoms with Crippen molar-refractivity contribution in [3.63, 3.8) is 0 Å². The van der Waals surface area contributed by atoms with E-state index in [0.717, 1.165) is 60.8 Å². The van der Waals surface area contributed by atoms with Gasteiger partial charge in [0.15, 0.2) is 11.6 Å². The molecule has 2 bridgehead atoms. The number of H-pyrrole nitrogens is 1. The monoisotopic (exact) mass is 405 g/mol. The normalized spacial score (nSPS) is 23.3. The number of piperidine rings is 3. The highest BCUT2D eigenvalue weighted by atomic mass is 19.2. The molecule has 152 valence electrons. The zero-order valence-electron chi connectivity index (χ0n) is 16.3. The molecule has 3 saturated heterocycles. The van der Waals surface area contributed by atoms with Crippen LogP contribution in [0.5, 0.6) is 0 Å². The lowest BCUT2D eigenvalue weighted by atomic mass is 9.83. The van der Waals surface area contributed by atoms with Crippen LogP contribution in [-0.4, -0.2) is 45.5 Å². The zero-order chi connectivity index (χ0) is 20.2. The molecule has 7 rings (SSSR count). The van der Waals surface area contributed by atoms with E-state index in [9.17, 15) is 8.78 Å². The van der Waals surface area contributed by atoms with E-state index >= 15 is 0 Å². The number of aromatic nitrogens is 3. The summed E-state index contributed by atoms with van der Waals surface area (Å²) in [6.45, 7) is 3.23. The van der Waals surface area contributed by atoms with Crippen LogP contribution in [0, 0.1) is 17.6 Å². The first kappa shape index (κ1) is 17.8. The van der Waals surface area contributed by atoms with Crippen molar-refractivity contribution in [1.29, 1.82) is 0 Å². The van der Waals surface area contributed by atoms with E-state index in [1.807, 2.05) is 24.3 Å². The molecule has 0 amide bonds. The first-order chi connectivity index (χ1) is 14.7. The van der Waals surface area contributed by atoms with Gasteiger partial charge in [0.2, 0.25) is 0 Å². The summed E-state index contributed by atoms with van der Waals surface area (Å²) in [6.07, 6.45) is 4.01. The smallest absolute Gasteiger partial charge is 0.161 e. The number of anilines is 1. The summed E-state index contributed by atoms with van der Waals surface area (Å²) >= 11 is 0. The van der Waals surface area contributed by atoms with Crippen molar-refractivity contribution in [2.75, 3.05) is 25.0 Å². The molecule has 7 heteroatoms. The van der Waals surface area contributed by atoms with Crippen LogP contribution >= 0.6 is 0 Å². The highest BCUT2D eigenvalue weighted by molar-refractivity contribution is 5.99. The van der Waals surface area contributed by atoms with Gasteiger partial charge in [-0.05, 0) is 50.0 Å². The number of hydrogen-bond donors (Lipinski definition) is 2. The molecule has 3 aliphatic heterocycles. The quantitative estimate of drug-likeness (QED) is 0.525. The lowest BCUT2D eigenvalue weighted by Gasteiger charge is -2.45. The van der Waals surface area contributed by atoms with Crippen molar-refractivity contribution >= 4 is 27.6 Å². The largest absolute Gasteiger partial charge is 0.380 e. The van der Waals surface area contributed by atoms with E-state index in [-0.39, 0.29) is 6.04 Å². The van der Waals surface area contributed by atoms with Gasteiger partial charge in [0.05, 0.1) is 27.8 Å². The van der Waals surface area contributed by atoms with Crippen molar-refractivity contribution in [2.45, 2.75) is 18.9 Å². The van der Waals surface area contributed by atoms with Gasteiger partial charge in [-0.2, -0.15) is 0 Å². The maximum Gasteiger partial charge on any atom is 0.161 e. The molecule has 0 spiro atoms. The predicted molar refractivity (Wildman–Crippen MR) is 113 cm³/mol. The molecule has 30 heavy (non-hydrogen) atoms. The van der Waals surface area contributed by atoms with Crippen molar-refractivity contribution in [2.24, 2.45) is 5.92 Å². The van der Waals surface area contributed by atoms with Gasteiger partial charge in [-0.25, -0.2) is 13.8 Å². The molecule has 3 aliphatic rings. The Hall–Kier alpha value is -3.06. The third kappa shape index (κ3) is 2.84. The van der Waals surface area contributed by atoms with Crippen LogP contribution in [0.15, 0.2) is 42.6 Å². The van der Waals surface area contributed by atoms with Crippen LogP contribution < -0.4 is 5.32 Å². The minimum atomic E-state index is -0.889. The molecule has 2 aromatic carbocycles. The van der Waals surface area contributed by atoms with Crippen molar-refractivity contribution < 1.29 is 8.78 Å². The number of imidazole rings is 1. The summed E-state index contributed by atoms with van der Waals surface area (Å²) in [5.74, 6) is -0.519. The molecule has 0 radical (unpaired) electrons. The number of aromatic amines is 1. The number of benzene rings is 2. The Labute approximate surface area is 172 Å². The molecule has 2 N–H and O–H groups in total. The number of nitrogens with zero attached hydrogens (tertiary/aromatic N) is 3. The van der Waals surface area contributed by atoms with Crippen LogP contribution in [0.3, 0.4) is 0 Å². The predicted octanol–water partition coefficient (Wildman–Crippen LogP) is 4.56.